The van der Waals surface area contributed by atoms with Crippen molar-refractivity contribution in [2.45, 2.75) is 50.0 Å². The zero-order valence-electron chi connectivity index (χ0n) is 33.7. The first-order valence-electron chi connectivity index (χ1n) is 19.1. The Morgan fingerprint density at radius 2 is 0.955 bits per heavy atom. The van der Waals surface area contributed by atoms with Crippen LogP contribution in [-0.4, -0.2) is 65.4 Å². The number of amides is 5. The Labute approximate surface area is 367 Å². The molecule has 5 aromatic carbocycles. The third-order valence-corrected chi connectivity index (χ3v) is 11.0. The van der Waals surface area contributed by atoms with Gasteiger partial charge in [-0.05, 0) is 103 Å². The second-order valence-corrected chi connectivity index (χ2v) is 15.3. The number of hydrogen-bond donors (Lipinski definition) is 1. The van der Waals surface area contributed by atoms with E-state index in [2.05, 4.69) is 5.32 Å². The monoisotopic (exact) mass is 947 g/mol. The van der Waals surface area contributed by atoms with Crippen LogP contribution in [-0.2, 0) is 17.8 Å². The van der Waals surface area contributed by atoms with E-state index in [1.54, 1.807) is 0 Å². The summed E-state index contributed by atoms with van der Waals surface area (Å²) in [6, 6.07) is 6.74. The Balaban J connectivity index is 1.29. The summed E-state index contributed by atoms with van der Waals surface area (Å²) in [5.41, 5.74) is -20.0. The fraction of sp³-hybridized carbons (Fsp3) is 0.178. The molecule has 10 nitrogen and oxygen atoms in total. The first kappa shape index (κ1) is 47.3. The predicted molar refractivity (Wildman–Crippen MR) is 210 cm³/mol. The van der Waals surface area contributed by atoms with E-state index in [0.29, 0.717) is 41.3 Å². The highest BCUT2D eigenvalue weighted by Gasteiger charge is 2.73. The van der Waals surface area contributed by atoms with Crippen molar-refractivity contribution >= 4 is 53.5 Å². The van der Waals surface area contributed by atoms with Crippen LogP contribution in [0.1, 0.15) is 109 Å². The molecule has 7 rings (SSSR count). The molecular weight excluding hydrogens is 922 g/mol. The molecule has 2 aliphatic rings. The van der Waals surface area contributed by atoms with E-state index in [1.165, 1.54) is 13.8 Å². The number of fused-ring (bicyclic) bond motifs is 2. The molecule has 0 saturated heterocycles. The number of carbonyl (C=O) groups excluding carboxylic acids is 7. The molecule has 22 heteroatoms. The van der Waals surface area contributed by atoms with Crippen molar-refractivity contribution in [1.82, 2.24) is 4.90 Å². The van der Waals surface area contributed by atoms with Crippen molar-refractivity contribution in [3.63, 3.8) is 0 Å². The maximum Gasteiger partial charge on any atom is 0.417 e. The minimum absolute atomic E-state index is 0.0323. The molecule has 0 unspecified atom stereocenters. The van der Waals surface area contributed by atoms with Gasteiger partial charge in [-0.3, -0.25) is 38.5 Å². The van der Waals surface area contributed by atoms with E-state index < -0.39 is 133 Å². The smallest absolute Gasteiger partial charge is 0.322 e. The average Bonchev–Trinajstić information content (AvgIpc) is 3.64. The number of hydrogen-bond acceptors (Lipinski definition) is 7. The van der Waals surface area contributed by atoms with Crippen molar-refractivity contribution in [2.75, 3.05) is 10.2 Å². The molecule has 0 radical (unpaired) electrons. The largest absolute Gasteiger partial charge is 0.417 e. The van der Waals surface area contributed by atoms with Crippen molar-refractivity contribution in [1.29, 1.82) is 0 Å². The molecule has 0 spiro atoms. The van der Waals surface area contributed by atoms with Crippen LogP contribution in [0.5, 0.6) is 0 Å². The number of rotatable bonds is 9. The van der Waals surface area contributed by atoms with Gasteiger partial charge in [-0.15, -0.1) is 0 Å². The standard InChI is InChI=1S/C45H25F12N3O7/c1-20(2)59-37(64)30-7-3-24(14-32(30)39(59)66)41(44(52,53)54,45(55,56)57)25-4-8-31-33(15-25)40(67)60(38(31)65)27-6-10-29(35(17-27)43(49,50)51)28-9-5-26(16-34(28)42(46,47)48)58-36(63)23-12-21(18-61)11-22(13-23)19-62/h3-20H,1-2H3,(H,58,63). The van der Waals surface area contributed by atoms with E-state index in [0.717, 1.165) is 24.3 Å². The lowest BCUT2D eigenvalue weighted by Gasteiger charge is -2.38. The van der Waals surface area contributed by atoms with Gasteiger partial charge in [0.25, 0.3) is 29.5 Å². The second kappa shape index (κ2) is 16.0. The Bertz CT molecular complexity index is 2950. The quantitative estimate of drug-likeness (QED) is 0.0882. The molecular formula is C45H25F12N3O7. The molecule has 0 fully saturated rings. The van der Waals surface area contributed by atoms with Crippen LogP contribution in [0, 0.1) is 0 Å². The molecule has 0 aliphatic carbocycles. The van der Waals surface area contributed by atoms with E-state index in [1.807, 2.05) is 0 Å². The number of halogens is 12. The van der Waals surface area contributed by atoms with Crippen molar-refractivity contribution in [3.05, 3.63) is 152 Å². The zero-order valence-corrected chi connectivity index (χ0v) is 33.7. The Hall–Kier alpha value is -7.65. The lowest BCUT2D eigenvalue weighted by Crippen LogP contribution is -2.55. The van der Waals surface area contributed by atoms with Gasteiger partial charge in [0.05, 0.1) is 39.1 Å². The molecule has 1 N–H and O–H groups in total. The molecule has 5 aromatic rings. The third-order valence-electron chi connectivity index (χ3n) is 11.0. The molecule has 2 aliphatic heterocycles. The normalized spacial score (nSPS) is 14.5. The molecule has 0 aromatic heterocycles. The minimum atomic E-state index is -6.33. The van der Waals surface area contributed by atoms with Gasteiger partial charge in [0.2, 0.25) is 5.41 Å². The van der Waals surface area contributed by atoms with Crippen LogP contribution < -0.4 is 10.2 Å². The summed E-state index contributed by atoms with van der Waals surface area (Å²) >= 11 is 0. The summed E-state index contributed by atoms with van der Waals surface area (Å²) in [7, 11) is 0. The van der Waals surface area contributed by atoms with Crippen molar-refractivity contribution < 1.29 is 86.2 Å². The number of nitrogens with zero attached hydrogens (tertiary/aromatic N) is 2. The van der Waals surface area contributed by atoms with Gasteiger partial charge in [0.15, 0.2) is 0 Å². The number of imide groups is 2. The Morgan fingerprint density at radius 3 is 1.43 bits per heavy atom. The predicted octanol–water partition coefficient (Wildman–Crippen LogP) is 10.5. The minimum Gasteiger partial charge on any atom is -0.322 e. The number of nitrogens with one attached hydrogen (secondary N) is 1. The van der Waals surface area contributed by atoms with Gasteiger partial charge in [-0.25, -0.2) is 4.90 Å². The molecule has 5 amide bonds. The topological polar surface area (TPSA) is 138 Å². The number of carbonyl (C=O) groups is 7. The fourth-order valence-electron chi connectivity index (χ4n) is 8.03. The van der Waals surface area contributed by atoms with Crippen LogP contribution in [0.15, 0.2) is 91.0 Å². The SMILES string of the molecule is CC(C)N1C(=O)c2ccc(C(c3ccc4c(c3)C(=O)N(c3ccc(-c5ccc(NC(=O)c6cc(C=O)cc(C=O)c6)cc5C(F)(F)F)c(C(F)(F)F)c3)C4=O)(C(F)(F)F)C(F)(F)F)cc2C1=O. The highest BCUT2D eigenvalue weighted by Crippen LogP contribution is 2.57. The molecule has 67 heavy (non-hydrogen) atoms. The summed E-state index contributed by atoms with van der Waals surface area (Å²) in [5, 5.41) is 2.09. The molecule has 0 bridgehead atoms. The van der Waals surface area contributed by atoms with Crippen molar-refractivity contribution in [3.8, 4) is 11.1 Å². The molecule has 0 saturated carbocycles. The highest BCUT2D eigenvalue weighted by molar-refractivity contribution is 6.34. The number of aldehydes is 2. The summed E-state index contributed by atoms with van der Waals surface area (Å²) in [4.78, 5) is 89.2. The van der Waals surface area contributed by atoms with Crippen LogP contribution >= 0.6 is 0 Å². The van der Waals surface area contributed by atoms with Crippen LogP contribution in [0.4, 0.5) is 64.1 Å². The summed E-state index contributed by atoms with van der Waals surface area (Å²) in [6.45, 7) is 2.73. The first-order valence-corrected chi connectivity index (χ1v) is 19.1. The first-order chi connectivity index (χ1) is 31.1. The van der Waals surface area contributed by atoms with E-state index in [9.17, 15) is 59.9 Å². The Morgan fingerprint density at radius 1 is 0.522 bits per heavy atom. The van der Waals surface area contributed by atoms with Crippen molar-refractivity contribution in [2.24, 2.45) is 0 Å². The number of benzene rings is 5. The lowest BCUT2D eigenvalue weighted by atomic mass is 9.71. The maximum atomic E-state index is 15.2. The maximum absolute atomic E-state index is 15.2. The second-order valence-electron chi connectivity index (χ2n) is 15.3. The van der Waals surface area contributed by atoms with E-state index in [-0.39, 0.29) is 64.5 Å². The number of anilines is 2. The van der Waals surface area contributed by atoms with E-state index in [4.69, 9.17) is 0 Å². The summed E-state index contributed by atoms with van der Waals surface area (Å²) in [5.74, 6) is -6.58. The average molecular weight is 948 g/mol. The molecule has 0 atom stereocenters. The van der Waals surface area contributed by atoms with Gasteiger partial charge >= 0.3 is 24.7 Å². The highest BCUT2D eigenvalue weighted by atomic mass is 19.4. The molecule has 2 heterocycles. The number of alkyl halides is 12. The third kappa shape index (κ3) is 7.78. The van der Waals surface area contributed by atoms with Gasteiger partial charge in [0.1, 0.15) is 12.6 Å². The summed E-state index contributed by atoms with van der Waals surface area (Å²) < 4.78 is 179. The molecule has 346 valence electrons. The van der Waals surface area contributed by atoms with Gasteiger partial charge in [-0.2, -0.15) is 52.7 Å². The van der Waals surface area contributed by atoms with Gasteiger partial charge < -0.3 is 5.32 Å². The zero-order chi connectivity index (χ0) is 49.5. The van der Waals surface area contributed by atoms with Crippen LogP contribution in [0.3, 0.4) is 0 Å². The van der Waals surface area contributed by atoms with E-state index >= 15 is 26.3 Å². The van der Waals surface area contributed by atoms with Gasteiger partial charge in [0, 0.05) is 28.4 Å². The van der Waals surface area contributed by atoms with Crippen LogP contribution in [0.25, 0.3) is 11.1 Å². The Kier molecular flexibility index (Phi) is 11.3. The fourth-order valence-corrected chi connectivity index (χ4v) is 8.03. The van der Waals surface area contributed by atoms with Gasteiger partial charge in [-0.1, -0.05) is 24.3 Å². The lowest BCUT2D eigenvalue weighted by molar-refractivity contribution is -0.288. The summed E-state index contributed by atoms with van der Waals surface area (Å²) in [6.07, 6.45) is -23.1. The van der Waals surface area contributed by atoms with Crippen LogP contribution in [0.2, 0.25) is 0 Å².